The van der Waals surface area contributed by atoms with Crippen LogP contribution in [0.25, 0.3) is 0 Å². The van der Waals surface area contributed by atoms with E-state index in [2.05, 4.69) is 28.8 Å². The average molecular weight is 334 g/mol. The fourth-order valence-electron chi connectivity index (χ4n) is 2.92. The van der Waals surface area contributed by atoms with Crippen molar-refractivity contribution in [3.63, 3.8) is 0 Å². The number of hydrogen-bond acceptors (Lipinski definition) is 3. The minimum atomic E-state index is -0.424. The SMILES string of the molecule is CCC(=O)N[C@H](CCSC)C(=O)N[C@H]1CCc2ccccc2C1. The van der Waals surface area contributed by atoms with Gasteiger partial charge in [-0.25, -0.2) is 0 Å². The van der Waals surface area contributed by atoms with Crippen molar-refractivity contribution in [2.24, 2.45) is 0 Å². The number of benzene rings is 1. The van der Waals surface area contributed by atoms with Gasteiger partial charge < -0.3 is 10.6 Å². The summed E-state index contributed by atoms with van der Waals surface area (Å²) in [5.74, 6) is 0.737. The van der Waals surface area contributed by atoms with Gasteiger partial charge in [0.1, 0.15) is 6.04 Å². The van der Waals surface area contributed by atoms with E-state index in [-0.39, 0.29) is 17.9 Å². The Kier molecular flexibility index (Phi) is 6.96. The standard InChI is InChI=1S/C18H26N2O2S/c1-3-17(21)20-16(10-11-23-2)18(22)19-15-9-8-13-6-4-5-7-14(13)12-15/h4-7,15-16H,3,8-12H2,1-2H3,(H,19,22)(H,20,21)/t15-,16+/m0/s1. The number of thioether (sulfide) groups is 1. The Morgan fingerprint density at radius 1 is 1.30 bits per heavy atom. The molecular weight excluding hydrogens is 308 g/mol. The summed E-state index contributed by atoms with van der Waals surface area (Å²) in [6.45, 7) is 1.80. The van der Waals surface area contributed by atoms with Crippen LogP contribution < -0.4 is 10.6 Å². The summed E-state index contributed by atoms with van der Waals surface area (Å²) in [5.41, 5.74) is 2.71. The monoisotopic (exact) mass is 334 g/mol. The first-order valence-corrected chi connectivity index (χ1v) is 9.68. The molecule has 5 heteroatoms. The first-order chi connectivity index (χ1) is 11.1. The van der Waals surface area contributed by atoms with Gasteiger partial charge in [-0.05, 0) is 48.8 Å². The summed E-state index contributed by atoms with van der Waals surface area (Å²) in [4.78, 5) is 24.2. The molecule has 126 valence electrons. The van der Waals surface area contributed by atoms with Crippen LogP contribution in [0.3, 0.4) is 0 Å². The molecule has 2 atom stereocenters. The zero-order chi connectivity index (χ0) is 16.7. The number of hydrogen-bond donors (Lipinski definition) is 2. The number of amides is 2. The first-order valence-electron chi connectivity index (χ1n) is 8.29. The summed E-state index contributed by atoms with van der Waals surface area (Å²) < 4.78 is 0. The summed E-state index contributed by atoms with van der Waals surface area (Å²) in [5, 5.41) is 5.98. The molecule has 0 radical (unpaired) electrons. The lowest BCUT2D eigenvalue weighted by molar-refractivity contribution is -0.129. The minimum absolute atomic E-state index is 0.0507. The third-order valence-corrected chi connectivity index (χ3v) is 4.92. The van der Waals surface area contributed by atoms with E-state index in [0.717, 1.165) is 25.0 Å². The van der Waals surface area contributed by atoms with Crippen LogP contribution in [0, 0.1) is 0 Å². The second-order valence-electron chi connectivity index (χ2n) is 5.97. The van der Waals surface area contributed by atoms with Crippen molar-refractivity contribution in [2.75, 3.05) is 12.0 Å². The zero-order valence-electron chi connectivity index (χ0n) is 13.9. The van der Waals surface area contributed by atoms with Crippen LogP contribution in [0.15, 0.2) is 24.3 Å². The molecule has 2 N–H and O–H groups in total. The van der Waals surface area contributed by atoms with Crippen LogP contribution in [-0.2, 0) is 22.4 Å². The van der Waals surface area contributed by atoms with E-state index >= 15 is 0 Å². The normalized spacial score (nSPS) is 17.9. The molecule has 0 aromatic heterocycles. The van der Waals surface area contributed by atoms with Gasteiger partial charge >= 0.3 is 0 Å². The van der Waals surface area contributed by atoms with Crippen LogP contribution in [0.4, 0.5) is 0 Å². The summed E-state index contributed by atoms with van der Waals surface area (Å²) in [6, 6.07) is 8.15. The fraction of sp³-hybridized carbons (Fsp3) is 0.556. The molecule has 1 aliphatic rings. The van der Waals surface area contributed by atoms with Crippen molar-refractivity contribution in [1.82, 2.24) is 10.6 Å². The lowest BCUT2D eigenvalue weighted by Crippen LogP contribution is -2.50. The predicted octanol–water partition coefficient (Wildman–Crippen LogP) is 2.31. The zero-order valence-corrected chi connectivity index (χ0v) is 14.7. The second-order valence-corrected chi connectivity index (χ2v) is 6.96. The quantitative estimate of drug-likeness (QED) is 0.804. The van der Waals surface area contributed by atoms with Gasteiger partial charge in [0, 0.05) is 12.5 Å². The van der Waals surface area contributed by atoms with Crippen molar-refractivity contribution in [3.8, 4) is 0 Å². The predicted molar refractivity (Wildman–Crippen MR) is 95.6 cm³/mol. The maximum atomic E-state index is 12.5. The molecule has 0 saturated carbocycles. The highest BCUT2D eigenvalue weighted by Gasteiger charge is 2.25. The van der Waals surface area contributed by atoms with E-state index < -0.39 is 6.04 Å². The molecule has 2 amide bonds. The van der Waals surface area contributed by atoms with Gasteiger partial charge in [-0.3, -0.25) is 9.59 Å². The smallest absolute Gasteiger partial charge is 0.242 e. The maximum absolute atomic E-state index is 12.5. The van der Waals surface area contributed by atoms with Gasteiger partial charge in [-0.15, -0.1) is 0 Å². The van der Waals surface area contributed by atoms with Crippen LogP contribution in [0.5, 0.6) is 0 Å². The lowest BCUT2D eigenvalue weighted by Gasteiger charge is -2.27. The summed E-state index contributed by atoms with van der Waals surface area (Å²) in [6.07, 6.45) is 5.91. The Labute approximate surface area is 142 Å². The van der Waals surface area contributed by atoms with Crippen molar-refractivity contribution in [1.29, 1.82) is 0 Å². The number of carbonyl (C=O) groups excluding carboxylic acids is 2. The molecule has 0 unspecified atom stereocenters. The van der Waals surface area contributed by atoms with Gasteiger partial charge in [0.2, 0.25) is 11.8 Å². The Hall–Kier alpha value is -1.49. The van der Waals surface area contributed by atoms with Crippen LogP contribution in [-0.4, -0.2) is 35.9 Å². The lowest BCUT2D eigenvalue weighted by atomic mass is 9.88. The van der Waals surface area contributed by atoms with Gasteiger partial charge in [-0.1, -0.05) is 31.2 Å². The molecule has 1 aromatic rings. The Morgan fingerprint density at radius 2 is 2.04 bits per heavy atom. The minimum Gasteiger partial charge on any atom is -0.351 e. The van der Waals surface area contributed by atoms with Gasteiger partial charge in [-0.2, -0.15) is 11.8 Å². The van der Waals surface area contributed by atoms with E-state index in [4.69, 9.17) is 0 Å². The van der Waals surface area contributed by atoms with Crippen molar-refractivity contribution in [3.05, 3.63) is 35.4 Å². The highest BCUT2D eigenvalue weighted by Crippen LogP contribution is 2.21. The molecule has 0 saturated heterocycles. The number of carbonyl (C=O) groups is 2. The van der Waals surface area contributed by atoms with Crippen molar-refractivity contribution in [2.45, 2.75) is 51.1 Å². The van der Waals surface area contributed by atoms with Crippen LogP contribution >= 0.6 is 11.8 Å². The number of aryl methyl sites for hydroxylation is 1. The number of rotatable bonds is 7. The Balaban J connectivity index is 1.94. The van der Waals surface area contributed by atoms with E-state index in [9.17, 15) is 9.59 Å². The molecule has 23 heavy (non-hydrogen) atoms. The molecule has 0 fully saturated rings. The molecule has 1 aromatic carbocycles. The molecule has 1 aliphatic carbocycles. The van der Waals surface area contributed by atoms with Crippen molar-refractivity contribution >= 4 is 23.6 Å². The molecule has 0 spiro atoms. The molecule has 0 bridgehead atoms. The maximum Gasteiger partial charge on any atom is 0.242 e. The number of fused-ring (bicyclic) bond motifs is 1. The number of nitrogens with one attached hydrogen (secondary N) is 2. The molecule has 4 nitrogen and oxygen atoms in total. The van der Waals surface area contributed by atoms with E-state index in [1.54, 1.807) is 18.7 Å². The summed E-state index contributed by atoms with van der Waals surface area (Å²) in [7, 11) is 0. The third-order valence-electron chi connectivity index (χ3n) is 4.28. The average Bonchev–Trinajstić information content (AvgIpc) is 2.58. The third kappa shape index (κ3) is 5.27. The van der Waals surface area contributed by atoms with E-state index in [0.29, 0.717) is 12.8 Å². The summed E-state index contributed by atoms with van der Waals surface area (Å²) >= 11 is 1.69. The highest BCUT2D eigenvalue weighted by atomic mass is 32.2. The largest absolute Gasteiger partial charge is 0.351 e. The van der Waals surface area contributed by atoms with Crippen molar-refractivity contribution < 1.29 is 9.59 Å². The second kappa shape index (κ2) is 8.96. The first kappa shape index (κ1) is 17.9. The highest BCUT2D eigenvalue weighted by molar-refractivity contribution is 7.98. The van der Waals surface area contributed by atoms with Gasteiger partial charge in [0.25, 0.3) is 0 Å². The molecule has 0 heterocycles. The molecular formula is C18H26N2O2S. The van der Waals surface area contributed by atoms with Crippen LogP contribution in [0.1, 0.15) is 37.3 Å². The van der Waals surface area contributed by atoms with E-state index in [1.807, 2.05) is 12.3 Å². The molecule has 0 aliphatic heterocycles. The Bertz CT molecular complexity index is 548. The fourth-order valence-corrected chi connectivity index (χ4v) is 3.40. The molecule has 2 rings (SSSR count). The van der Waals surface area contributed by atoms with Gasteiger partial charge in [0.15, 0.2) is 0 Å². The topological polar surface area (TPSA) is 58.2 Å². The van der Waals surface area contributed by atoms with Gasteiger partial charge in [0.05, 0.1) is 0 Å². The Morgan fingerprint density at radius 3 is 2.74 bits per heavy atom. The van der Waals surface area contributed by atoms with E-state index in [1.165, 1.54) is 11.1 Å². The van der Waals surface area contributed by atoms with Crippen LogP contribution in [0.2, 0.25) is 0 Å².